The van der Waals surface area contributed by atoms with Crippen molar-refractivity contribution in [3.8, 4) is 23.1 Å². The molecule has 9 heteroatoms. The van der Waals surface area contributed by atoms with Crippen LogP contribution in [0.1, 0.15) is 61.6 Å². The predicted molar refractivity (Wildman–Crippen MR) is 129 cm³/mol. The van der Waals surface area contributed by atoms with Crippen molar-refractivity contribution in [3.05, 3.63) is 57.4 Å². The summed E-state index contributed by atoms with van der Waals surface area (Å²) < 4.78 is 30.5. The number of aromatic carboxylic acids is 1. The summed E-state index contributed by atoms with van der Waals surface area (Å²) in [5, 5.41) is 11.6. The van der Waals surface area contributed by atoms with Gasteiger partial charge in [0.05, 0.1) is 23.4 Å². The lowest BCUT2D eigenvalue weighted by atomic mass is 9.91. The van der Waals surface area contributed by atoms with Crippen LogP contribution < -0.4 is 10.4 Å². The van der Waals surface area contributed by atoms with Crippen LogP contribution >= 0.6 is 0 Å². The van der Waals surface area contributed by atoms with Crippen LogP contribution in [0.2, 0.25) is 0 Å². The van der Waals surface area contributed by atoms with Crippen LogP contribution in [-0.4, -0.2) is 53.9 Å². The molecule has 2 atom stereocenters. The molecule has 0 spiro atoms. The molecule has 34 heavy (non-hydrogen) atoms. The van der Waals surface area contributed by atoms with Crippen molar-refractivity contribution in [2.45, 2.75) is 56.5 Å². The van der Waals surface area contributed by atoms with Crippen molar-refractivity contribution in [2.75, 3.05) is 18.4 Å². The molecule has 2 aromatic rings. The summed E-state index contributed by atoms with van der Waals surface area (Å²) in [4.78, 5) is 24.3. The lowest BCUT2D eigenvalue weighted by molar-refractivity contribution is 0.0694. The first kappa shape index (κ1) is 24.0. The SMILES string of the molecule is COC1CC(C)(C)N2C1c1cc(C#CC(C)(C)S(C)(=O)=O)ccc1-c1cc(=O)c(C(=O)O)cn12. The van der Waals surface area contributed by atoms with Crippen molar-refractivity contribution in [1.82, 2.24) is 4.68 Å². The lowest BCUT2D eigenvalue weighted by Crippen LogP contribution is -2.50. The predicted octanol–water partition coefficient (Wildman–Crippen LogP) is 2.58. The minimum absolute atomic E-state index is 0.190. The number of rotatable bonds is 3. The number of benzene rings is 1. The highest BCUT2D eigenvalue weighted by molar-refractivity contribution is 7.92. The summed E-state index contributed by atoms with van der Waals surface area (Å²) in [6.07, 6.45) is 3.04. The topological polar surface area (TPSA) is 106 Å². The number of carbonyl (C=O) groups is 1. The smallest absolute Gasteiger partial charge is 0.341 e. The molecule has 2 unspecified atom stereocenters. The Morgan fingerprint density at radius 1 is 1.26 bits per heavy atom. The van der Waals surface area contributed by atoms with Crippen LogP contribution in [0, 0.1) is 11.8 Å². The third kappa shape index (κ3) is 3.71. The van der Waals surface area contributed by atoms with Gasteiger partial charge in [-0.2, -0.15) is 0 Å². The van der Waals surface area contributed by atoms with Crippen LogP contribution in [-0.2, 0) is 14.6 Å². The maximum absolute atomic E-state index is 12.6. The van der Waals surface area contributed by atoms with Gasteiger partial charge >= 0.3 is 5.97 Å². The first-order valence-corrected chi connectivity index (χ1v) is 12.8. The molecule has 0 radical (unpaired) electrons. The van der Waals surface area contributed by atoms with Gasteiger partial charge in [-0.05, 0) is 45.4 Å². The van der Waals surface area contributed by atoms with Gasteiger partial charge < -0.3 is 9.84 Å². The molecule has 8 nitrogen and oxygen atoms in total. The van der Waals surface area contributed by atoms with Crippen molar-refractivity contribution >= 4 is 15.8 Å². The second-order valence-electron chi connectivity index (χ2n) is 10.0. The number of nitrogens with zero attached hydrogens (tertiary/aromatic N) is 2. The molecule has 1 fully saturated rings. The van der Waals surface area contributed by atoms with Crippen LogP contribution in [0.4, 0.5) is 0 Å². The van der Waals surface area contributed by atoms with E-state index >= 15 is 0 Å². The van der Waals surface area contributed by atoms with E-state index in [0.717, 1.165) is 17.4 Å². The number of hydrogen-bond donors (Lipinski definition) is 1. The standard InChI is InChI=1S/C25H28N2O6S/c1-24(2)13-21(33-5)22-17-11-15(9-10-25(3,4)34(6,31)32)7-8-16(17)19-12-20(28)18(23(29)30)14-26(19)27(22)24/h7-8,11-12,14,21-22H,13H2,1-6H3,(H,29,30). The lowest BCUT2D eigenvalue weighted by Gasteiger charge is -2.44. The number of carboxylic acids is 1. The monoisotopic (exact) mass is 484 g/mol. The van der Waals surface area contributed by atoms with E-state index in [2.05, 4.69) is 16.8 Å². The quantitative estimate of drug-likeness (QED) is 0.668. The Morgan fingerprint density at radius 3 is 2.53 bits per heavy atom. The Balaban J connectivity index is 1.97. The van der Waals surface area contributed by atoms with Gasteiger partial charge in [-0.25, -0.2) is 13.2 Å². The van der Waals surface area contributed by atoms with E-state index < -0.39 is 31.5 Å². The van der Waals surface area contributed by atoms with Crippen molar-refractivity contribution in [1.29, 1.82) is 0 Å². The van der Waals surface area contributed by atoms with Crippen molar-refractivity contribution in [2.24, 2.45) is 0 Å². The average molecular weight is 485 g/mol. The number of pyridine rings is 1. The molecule has 0 saturated carbocycles. The van der Waals surface area contributed by atoms with E-state index in [0.29, 0.717) is 17.7 Å². The molecule has 1 aromatic carbocycles. The fourth-order valence-corrected chi connectivity index (χ4v) is 4.94. The molecule has 2 aliphatic heterocycles. The Hall–Kier alpha value is -3.09. The van der Waals surface area contributed by atoms with Crippen molar-refractivity contribution in [3.63, 3.8) is 0 Å². The minimum atomic E-state index is -3.38. The third-order valence-corrected chi connectivity index (χ3v) is 8.77. The maximum Gasteiger partial charge on any atom is 0.341 e. The highest BCUT2D eigenvalue weighted by Crippen LogP contribution is 2.49. The minimum Gasteiger partial charge on any atom is -0.477 e. The number of aromatic nitrogens is 1. The number of carboxylic acid groups (broad SMARTS) is 1. The molecule has 180 valence electrons. The van der Waals surface area contributed by atoms with Gasteiger partial charge in [0.2, 0.25) is 0 Å². The number of fused-ring (bicyclic) bond motifs is 6. The summed E-state index contributed by atoms with van der Waals surface area (Å²) in [7, 11) is -1.73. The largest absolute Gasteiger partial charge is 0.477 e. The Labute approximate surface area is 199 Å². The summed E-state index contributed by atoms with van der Waals surface area (Å²) in [5.74, 6) is 4.59. The Bertz CT molecular complexity index is 1430. The highest BCUT2D eigenvalue weighted by atomic mass is 32.2. The summed E-state index contributed by atoms with van der Waals surface area (Å²) >= 11 is 0. The first-order valence-electron chi connectivity index (χ1n) is 10.9. The molecular weight excluding hydrogens is 456 g/mol. The number of sulfone groups is 1. The second-order valence-corrected chi connectivity index (χ2v) is 12.6. The van der Waals surface area contributed by atoms with Crippen molar-refractivity contribution < 1.29 is 23.1 Å². The Morgan fingerprint density at radius 2 is 1.94 bits per heavy atom. The number of ether oxygens (including phenoxy) is 1. The van der Waals surface area contributed by atoms with E-state index in [-0.39, 0.29) is 17.7 Å². The highest BCUT2D eigenvalue weighted by Gasteiger charge is 2.51. The first-order chi connectivity index (χ1) is 15.7. The fourth-order valence-electron chi connectivity index (χ4n) is 4.70. The van der Waals surface area contributed by atoms with Gasteiger partial charge in [-0.15, -0.1) is 0 Å². The Kier molecular flexibility index (Phi) is 5.46. The molecule has 0 amide bonds. The molecule has 0 bridgehead atoms. The van der Waals surface area contributed by atoms with E-state index in [4.69, 9.17) is 4.74 Å². The molecule has 1 saturated heterocycles. The van der Waals surface area contributed by atoms with Gasteiger partial charge in [-0.3, -0.25) is 14.5 Å². The van der Waals surface area contributed by atoms with E-state index in [9.17, 15) is 23.1 Å². The van der Waals surface area contributed by atoms with Crippen LogP contribution in [0.3, 0.4) is 0 Å². The van der Waals surface area contributed by atoms with E-state index in [1.807, 2.05) is 26.0 Å². The number of methoxy groups -OCH3 is 1. The molecular formula is C25H28N2O6S. The van der Waals surface area contributed by atoms with Gasteiger partial charge in [0.25, 0.3) is 0 Å². The van der Waals surface area contributed by atoms with E-state index in [1.54, 1.807) is 31.7 Å². The summed E-state index contributed by atoms with van der Waals surface area (Å²) in [5.41, 5.74) is 1.64. The van der Waals surface area contributed by atoms with Crippen LogP contribution in [0.25, 0.3) is 11.3 Å². The summed E-state index contributed by atoms with van der Waals surface area (Å²) in [6.45, 7) is 7.23. The maximum atomic E-state index is 12.6. The fraction of sp³-hybridized carbons (Fsp3) is 0.440. The van der Waals surface area contributed by atoms with Gasteiger partial charge in [0, 0.05) is 43.2 Å². The van der Waals surface area contributed by atoms with E-state index in [1.165, 1.54) is 12.3 Å². The molecule has 4 rings (SSSR count). The normalized spacial score (nSPS) is 20.6. The second kappa shape index (κ2) is 7.72. The average Bonchev–Trinajstić information content (AvgIpc) is 3.02. The zero-order chi connectivity index (χ0) is 25.2. The number of hydrogen-bond acceptors (Lipinski definition) is 6. The molecule has 3 heterocycles. The van der Waals surface area contributed by atoms with Gasteiger partial charge in [-0.1, -0.05) is 17.9 Å². The molecule has 1 aromatic heterocycles. The van der Waals surface area contributed by atoms with Crippen LogP contribution in [0.15, 0.2) is 35.3 Å². The van der Waals surface area contributed by atoms with Gasteiger partial charge in [0.15, 0.2) is 15.3 Å². The third-order valence-electron chi connectivity index (χ3n) is 6.81. The van der Waals surface area contributed by atoms with Crippen LogP contribution in [0.5, 0.6) is 0 Å². The molecule has 1 N–H and O–H groups in total. The molecule has 2 aliphatic rings. The zero-order valence-corrected chi connectivity index (χ0v) is 20.9. The molecule has 0 aliphatic carbocycles. The zero-order valence-electron chi connectivity index (χ0n) is 20.0. The summed E-state index contributed by atoms with van der Waals surface area (Å²) in [6, 6.07) is 6.63. The van der Waals surface area contributed by atoms with Gasteiger partial charge in [0.1, 0.15) is 10.3 Å².